The fourth-order valence-corrected chi connectivity index (χ4v) is 2.76. The molecule has 0 radical (unpaired) electrons. The number of benzene rings is 1. The SMILES string of the molecule is COc1ccc(Nc2c(-c3ccccn3)nc3cc(C)ccn23)cc1. The molecule has 5 heteroatoms. The Hall–Kier alpha value is -3.34. The van der Waals surface area contributed by atoms with Crippen LogP contribution in [0.25, 0.3) is 17.0 Å². The highest BCUT2D eigenvalue weighted by Gasteiger charge is 2.15. The van der Waals surface area contributed by atoms with Gasteiger partial charge in [0, 0.05) is 18.1 Å². The van der Waals surface area contributed by atoms with Gasteiger partial charge in [0.1, 0.15) is 22.9 Å². The number of ether oxygens (including phenoxy) is 1. The molecule has 0 aliphatic heterocycles. The Kier molecular flexibility index (Phi) is 3.82. The Balaban J connectivity index is 1.84. The van der Waals surface area contributed by atoms with Gasteiger partial charge in [0.05, 0.1) is 12.8 Å². The van der Waals surface area contributed by atoms with Crippen LogP contribution in [0.15, 0.2) is 67.0 Å². The summed E-state index contributed by atoms with van der Waals surface area (Å²) >= 11 is 0. The third-order valence-corrected chi connectivity index (χ3v) is 4.04. The predicted molar refractivity (Wildman–Crippen MR) is 99.4 cm³/mol. The van der Waals surface area contributed by atoms with Crippen LogP contribution >= 0.6 is 0 Å². The molecular formula is C20H18N4O. The quantitative estimate of drug-likeness (QED) is 0.600. The molecule has 4 aromatic rings. The van der Waals surface area contributed by atoms with Crippen LogP contribution in [-0.2, 0) is 0 Å². The van der Waals surface area contributed by atoms with E-state index in [9.17, 15) is 0 Å². The van der Waals surface area contributed by atoms with E-state index in [1.54, 1.807) is 13.3 Å². The Labute approximate surface area is 145 Å². The minimum atomic E-state index is 0.821. The number of nitrogens with zero attached hydrogens (tertiary/aromatic N) is 3. The van der Waals surface area contributed by atoms with Crippen molar-refractivity contribution in [2.24, 2.45) is 0 Å². The molecule has 124 valence electrons. The van der Waals surface area contributed by atoms with Gasteiger partial charge >= 0.3 is 0 Å². The zero-order valence-electron chi connectivity index (χ0n) is 14.1. The first-order valence-corrected chi connectivity index (χ1v) is 8.06. The van der Waals surface area contributed by atoms with Gasteiger partial charge in [-0.3, -0.25) is 9.38 Å². The first-order chi connectivity index (χ1) is 12.2. The van der Waals surface area contributed by atoms with E-state index in [4.69, 9.17) is 9.72 Å². The third kappa shape index (κ3) is 2.92. The summed E-state index contributed by atoms with van der Waals surface area (Å²) in [6, 6.07) is 17.8. The molecule has 4 rings (SSSR count). The molecule has 0 saturated carbocycles. The van der Waals surface area contributed by atoms with Gasteiger partial charge < -0.3 is 10.1 Å². The van der Waals surface area contributed by atoms with Crippen molar-refractivity contribution in [1.29, 1.82) is 0 Å². The number of rotatable bonds is 4. The molecule has 0 aliphatic carbocycles. The van der Waals surface area contributed by atoms with Gasteiger partial charge in [0.25, 0.3) is 0 Å². The maximum Gasteiger partial charge on any atom is 0.144 e. The molecule has 1 N–H and O–H groups in total. The smallest absolute Gasteiger partial charge is 0.144 e. The van der Waals surface area contributed by atoms with Gasteiger partial charge in [0.15, 0.2) is 0 Å². The van der Waals surface area contributed by atoms with E-state index >= 15 is 0 Å². The maximum atomic E-state index is 5.23. The van der Waals surface area contributed by atoms with E-state index in [0.29, 0.717) is 0 Å². The molecule has 0 atom stereocenters. The summed E-state index contributed by atoms with van der Waals surface area (Å²) in [5.74, 6) is 1.71. The number of hydrogen-bond acceptors (Lipinski definition) is 4. The summed E-state index contributed by atoms with van der Waals surface area (Å²) in [5.41, 5.74) is 4.67. The average Bonchev–Trinajstić information content (AvgIpc) is 3.00. The summed E-state index contributed by atoms with van der Waals surface area (Å²) in [6.45, 7) is 2.06. The normalized spacial score (nSPS) is 10.8. The monoisotopic (exact) mass is 330 g/mol. The van der Waals surface area contributed by atoms with E-state index in [2.05, 4.69) is 29.4 Å². The number of nitrogens with one attached hydrogen (secondary N) is 1. The Morgan fingerprint density at radius 2 is 1.88 bits per heavy atom. The number of fused-ring (bicyclic) bond motifs is 1. The number of aromatic nitrogens is 3. The van der Waals surface area contributed by atoms with Crippen LogP contribution in [0, 0.1) is 6.92 Å². The fraction of sp³-hybridized carbons (Fsp3) is 0.100. The molecule has 25 heavy (non-hydrogen) atoms. The molecule has 3 heterocycles. The van der Waals surface area contributed by atoms with Crippen molar-refractivity contribution in [2.45, 2.75) is 6.92 Å². The summed E-state index contributed by atoms with van der Waals surface area (Å²) in [7, 11) is 1.66. The second-order valence-corrected chi connectivity index (χ2v) is 5.81. The number of methoxy groups -OCH3 is 1. The fourth-order valence-electron chi connectivity index (χ4n) is 2.76. The number of anilines is 2. The zero-order valence-corrected chi connectivity index (χ0v) is 14.1. The molecule has 0 spiro atoms. The average molecular weight is 330 g/mol. The lowest BCUT2D eigenvalue weighted by Crippen LogP contribution is -1.97. The van der Waals surface area contributed by atoms with Gasteiger partial charge in [-0.25, -0.2) is 4.98 Å². The zero-order chi connectivity index (χ0) is 17.2. The highest BCUT2D eigenvalue weighted by atomic mass is 16.5. The van der Waals surface area contributed by atoms with Gasteiger partial charge in [-0.05, 0) is 61.0 Å². The number of pyridine rings is 2. The lowest BCUT2D eigenvalue weighted by Gasteiger charge is -2.09. The van der Waals surface area contributed by atoms with E-state index < -0.39 is 0 Å². The van der Waals surface area contributed by atoms with Gasteiger partial charge in [0.2, 0.25) is 0 Å². The van der Waals surface area contributed by atoms with Gasteiger partial charge in [-0.15, -0.1) is 0 Å². The van der Waals surface area contributed by atoms with Crippen LogP contribution in [-0.4, -0.2) is 21.5 Å². The van der Waals surface area contributed by atoms with E-state index in [1.807, 2.05) is 53.1 Å². The minimum Gasteiger partial charge on any atom is -0.497 e. The Morgan fingerprint density at radius 1 is 1.04 bits per heavy atom. The predicted octanol–water partition coefficient (Wildman–Crippen LogP) is 4.46. The van der Waals surface area contributed by atoms with Gasteiger partial charge in [-0.2, -0.15) is 0 Å². The van der Waals surface area contributed by atoms with Crippen molar-refractivity contribution < 1.29 is 4.74 Å². The molecule has 0 aliphatic rings. The van der Waals surface area contributed by atoms with Crippen molar-refractivity contribution in [1.82, 2.24) is 14.4 Å². The van der Waals surface area contributed by atoms with Crippen molar-refractivity contribution in [3.63, 3.8) is 0 Å². The molecule has 3 aromatic heterocycles. The molecule has 1 aromatic carbocycles. The molecule has 0 saturated heterocycles. The van der Waals surface area contributed by atoms with E-state index in [-0.39, 0.29) is 0 Å². The third-order valence-electron chi connectivity index (χ3n) is 4.04. The highest BCUT2D eigenvalue weighted by Crippen LogP contribution is 2.30. The number of imidazole rings is 1. The summed E-state index contributed by atoms with van der Waals surface area (Å²) in [4.78, 5) is 9.25. The van der Waals surface area contributed by atoms with Crippen molar-refractivity contribution in [2.75, 3.05) is 12.4 Å². The van der Waals surface area contributed by atoms with Crippen LogP contribution in [0.3, 0.4) is 0 Å². The number of aryl methyl sites for hydroxylation is 1. The summed E-state index contributed by atoms with van der Waals surface area (Å²) < 4.78 is 7.27. The van der Waals surface area contributed by atoms with Gasteiger partial charge in [-0.1, -0.05) is 6.07 Å². The van der Waals surface area contributed by atoms with Crippen LogP contribution in [0.2, 0.25) is 0 Å². The summed E-state index contributed by atoms with van der Waals surface area (Å²) in [6.07, 6.45) is 3.80. The standard InChI is InChI=1S/C20H18N4O/c1-14-10-12-24-18(13-14)23-19(17-5-3-4-11-21-17)20(24)22-15-6-8-16(25-2)9-7-15/h3-13,22H,1-2H3. The lowest BCUT2D eigenvalue weighted by molar-refractivity contribution is 0.415. The molecule has 0 fully saturated rings. The van der Waals surface area contributed by atoms with Crippen LogP contribution in [0.4, 0.5) is 11.5 Å². The van der Waals surface area contributed by atoms with Crippen LogP contribution in [0.1, 0.15) is 5.56 Å². The second kappa shape index (κ2) is 6.28. The second-order valence-electron chi connectivity index (χ2n) is 5.81. The molecule has 5 nitrogen and oxygen atoms in total. The molecular weight excluding hydrogens is 312 g/mol. The van der Waals surface area contributed by atoms with E-state index in [1.165, 1.54) is 5.56 Å². The van der Waals surface area contributed by atoms with Crippen LogP contribution < -0.4 is 10.1 Å². The number of hydrogen-bond donors (Lipinski definition) is 1. The van der Waals surface area contributed by atoms with Crippen molar-refractivity contribution in [3.05, 3.63) is 72.6 Å². The largest absolute Gasteiger partial charge is 0.497 e. The Morgan fingerprint density at radius 3 is 2.60 bits per heavy atom. The van der Waals surface area contributed by atoms with E-state index in [0.717, 1.165) is 34.3 Å². The molecule has 0 amide bonds. The molecule has 0 bridgehead atoms. The maximum absolute atomic E-state index is 5.23. The highest BCUT2D eigenvalue weighted by molar-refractivity contribution is 5.78. The summed E-state index contributed by atoms with van der Waals surface area (Å²) in [5, 5.41) is 3.47. The first kappa shape index (κ1) is 15.2. The van der Waals surface area contributed by atoms with Crippen molar-refractivity contribution in [3.8, 4) is 17.1 Å². The van der Waals surface area contributed by atoms with Crippen molar-refractivity contribution >= 4 is 17.2 Å². The molecule has 0 unspecified atom stereocenters. The lowest BCUT2D eigenvalue weighted by atomic mass is 10.2. The topological polar surface area (TPSA) is 51.5 Å². The first-order valence-electron chi connectivity index (χ1n) is 8.06. The van der Waals surface area contributed by atoms with Crippen LogP contribution in [0.5, 0.6) is 5.75 Å². The Bertz CT molecular complexity index is 1010. The minimum absolute atomic E-state index is 0.821.